The Labute approximate surface area is 223 Å². The van der Waals surface area contributed by atoms with Crippen LogP contribution in [0.25, 0.3) is 0 Å². The summed E-state index contributed by atoms with van der Waals surface area (Å²) in [4.78, 5) is 49.3. The van der Waals surface area contributed by atoms with Gasteiger partial charge in [0.25, 0.3) is 5.88 Å². The predicted octanol–water partition coefficient (Wildman–Crippen LogP) is 2.92. The second-order valence-corrected chi connectivity index (χ2v) is 10.6. The van der Waals surface area contributed by atoms with E-state index >= 15 is 0 Å². The first-order valence-electron chi connectivity index (χ1n) is 12.4. The molecule has 0 radical (unpaired) electrons. The van der Waals surface area contributed by atoms with Crippen LogP contribution in [0.5, 0.6) is 0 Å². The van der Waals surface area contributed by atoms with Crippen molar-refractivity contribution in [1.29, 1.82) is 5.26 Å². The molecule has 0 bridgehead atoms. The summed E-state index contributed by atoms with van der Waals surface area (Å²) in [7, 11) is 0. The molecule has 196 valence electrons. The molecule has 0 aromatic carbocycles. The van der Waals surface area contributed by atoms with E-state index in [4.69, 9.17) is 9.47 Å². The fourth-order valence-corrected chi connectivity index (χ4v) is 5.85. The SMILES string of the molecule is C[C@H]1COC(=C=O)N1Cc1cc2c(nc1C=O)N(C(=O)Nc1cc(S[C@@H]3CCOC3)c(C#N)cn1)CCC2. The van der Waals surface area contributed by atoms with Gasteiger partial charge in [0.2, 0.25) is 0 Å². The van der Waals surface area contributed by atoms with Gasteiger partial charge in [-0.05, 0) is 43.9 Å². The Kier molecular flexibility index (Phi) is 7.60. The van der Waals surface area contributed by atoms with Crippen molar-refractivity contribution in [3.05, 3.63) is 46.6 Å². The molecule has 2 amide bonds. The van der Waals surface area contributed by atoms with E-state index in [1.165, 1.54) is 11.1 Å². The molecule has 5 heterocycles. The van der Waals surface area contributed by atoms with Crippen molar-refractivity contribution in [3.8, 4) is 6.07 Å². The largest absolute Gasteiger partial charge is 0.469 e. The van der Waals surface area contributed by atoms with Crippen LogP contribution >= 0.6 is 11.8 Å². The van der Waals surface area contributed by atoms with Crippen LogP contribution in [0.15, 0.2) is 29.1 Å². The smallest absolute Gasteiger partial charge is 0.328 e. The van der Waals surface area contributed by atoms with E-state index in [-0.39, 0.29) is 29.4 Å². The van der Waals surface area contributed by atoms with E-state index in [0.717, 1.165) is 16.9 Å². The molecule has 12 heteroatoms. The van der Waals surface area contributed by atoms with Crippen LogP contribution in [-0.2, 0) is 27.2 Å². The van der Waals surface area contributed by atoms with Gasteiger partial charge in [-0.25, -0.2) is 19.6 Å². The molecule has 1 N–H and O–H groups in total. The van der Waals surface area contributed by atoms with E-state index in [0.29, 0.717) is 68.3 Å². The Hall–Kier alpha value is -3.91. The van der Waals surface area contributed by atoms with E-state index in [2.05, 4.69) is 21.4 Å². The van der Waals surface area contributed by atoms with Crippen LogP contribution in [0.2, 0.25) is 0 Å². The van der Waals surface area contributed by atoms with E-state index in [1.807, 2.05) is 18.9 Å². The van der Waals surface area contributed by atoms with Crippen molar-refractivity contribution in [2.45, 2.75) is 48.9 Å². The minimum Gasteiger partial charge on any atom is -0.469 e. The molecule has 11 nitrogen and oxygen atoms in total. The summed E-state index contributed by atoms with van der Waals surface area (Å²) in [6.07, 6.45) is 4.42. The molecular weight excluding hydrogens is 508 g/mol. The number of pyridine rings is 2. The van der Waals surface area contributed by atoms with Crippen LogP contribution in [0.3, 0.4) is 0 Å². The number of anilines is 2. The zero-order chi connectivity index (χ0) is 26.6. The van der Waals surface area contributed by atoms with E-state index in [9.17, 15) is 19.6 Å². The van der Waals surface area contributed by atoms with Crippen molar-refractivity contribution < 1.29 is 23.9 Å². The number of nitrogens with zero attached hydrogens (tertiary/aromatic N) is 5. The van der Waals surface area contributed by atoms with Crippen LogP contribution in [0, 0.1) is 11.3 Å². The van der Waals surface area contributed by atoms with Crippen molar-refractivity contribution in [2.75, 3.05) is 36.6 Å². The number of nitrogens with one attached hydrogen (secondary N) is 1. The van der Waals surface area contributed by atoms with Gasteiger partial charge in [0.05, 0.1) is 18.2 Å². The van der Waals surface area contributed by atoms with Gasteiger partial charge in [0.15, 0.2) is 12.2 Å². The minimum absolute atomic E-state index is 0.0477. The highest BCUT2D eigenvalue weighted by Gasteiger charge is 2.31. The minimum atomic E-state index is -0.423. The van der Waals surface area contributed by atoms with Gasteiger partial charge < -0.3 is 14.4 Å². The quantitative estimate of drug-likeness (QED) is 0.435. The average molecular weight is 535 g/mol. The molecule has 5 rings (SSSR count). The van der Waals surface area contributed by atoms with Crippen molar-refractivity contribution in [3.63, 3.8) is 0 Å². The number of carbonyl (C=O) groups excluding carboxylic acids is 3. The first-order chi connectivity index (χ1) is 18.5. The summed E-state index contributed by atoms with van der Waals surface area (Å²) in [5.74, 6) is 2.67. The number of carbonyl (C=O) groups is 2. The number of aryl methyl sites for hydroxylation is 1. The second-order valence-electron chi connectivity index (χ2n) is 9.29. The maximum Gasteiger partial charge on any atom is 0.328 e. The lowest BCUT2D eigenvalue weighted by molar-refractivity contribution is 0.111. The van der Waals surface area contributed by atoms with Gasteiger partial charge >= 0.3 is 6.03 Å². The van der Waals surface area contributed by atoms with Crippen LogP contribution in [0.1, 0.15) is 46.9 Å². The molecule has 0 saturated carbocycles. The summed E-state index contributed by atoms with van der Waals surface area (Å²) in [6.45, 7) is 4.30. The number of urea groups is 1. The Morgan fingerprint density at radius 1 is 1.37 bits per heavy atom. The molecule has 38 heavy (non-hydrogen) atoms. The second kappa shape index (κ2) is 11.2. The maximum absolute atomic E-state index is 13.3. The van der Waals surface area contributed by atoms with E-state index < -0.39 is 6.03 Å². The van der Waals surface area contributed by atoms with E-state index in [1.54, 1.807) is 22.7 Å². The number of rotatable bonds is 6. The average Bonchev–Trinajstić information content (AvgIpc) is 3.57. The molecule has 2 aromatic heterocycles. The highest BCUT2D eigenvalue weighted by molar-refractivity contribution is 8.00. The third-order valence-electron chi connectivity index (χ3n) is 6.72. The fraction of sp³-hybridized carbons (Fsp3) is 0.423. The van der Waals surface area contributed by atoms with Gasteiger partial charge in [0.1, 0.15) is 30.0 Å². The Bertz CT molecular complexity index is 1350. The molecule has 0 spiro atoms. The lowest BCUT2D eigenvalue weighted by Crippen LogP contribution is -2.40. The lowest BCUT2D eigenvalue weighted by Gasteiger charge is -2.30. The third kappa shape index (κ3) is 5.22. The van der Waals surface area contributed by atoms with Crippen molar-refractivity contribution in [1.82, 2.24) is 14.9 Å². The van der Waals surface area contributed by atoms with Gasteiger partial charge in [-0.1, -0.05) is 0 Å². The van der Waals surface area contributed by atoms with Gasteiger partial charge in [-0.3, -0.25) is 15.0 Å². The summed E-state index contributed by atoms with van der Waals surface area (Å²) in [5, 5.41) is 12.6. The number of amides is 2. The van der Waals surface area contributed by atoms with Crippen LogP contribution in [-0.4, -0.2) is 70.8 Å². The predicted molar refractivity (Wildman–Crippen MR) is 139 cm³/mol. The van der Waals surface area contributed by atoms with Crippen molar-refractivity contribution >= 4 is 41.7 Å². The van der Waals surface area contributed by atoms with Crippen LogP contribution in [0.4, 0.5) is 16.4 Å². The molecule has 0 aliphatic carbocycles. The summed E-state index contributed by atoms with van der Waals surface area (Å²) in [6, 6.07) is 5.26. The number of ether oxygens (including phenoxy) is 2. The first-order valence-corrected chi connectivity index (χ1v) is 13.2. The van der Waals surface area contributed by atoms with Gasteiger partial charge in [0, 0.05) is 41.6 Å². The number of hydrogen-bond acceptors (Lipinski definition) is 10. The normalized spacial score (nSPS) is 20.4. The summed E-state index contributed by atoms with van der Waals surface area (Å²) >= 11 is 1.55. The Balaban J connectivity index is 1.37. The topological polar surface area (TPSA) is 138 Å². The number of thioether (sulfide) groups is 1. The molecule has 2 fully saturated rings. The molecule has 2 atom stereocenters. The van der Waals surface area contributed by atoms with Crippen LogP contribution < -0.4 is 10.2 Å². The summed E-state index contributed by atoms with van der Waals surface area (Å²) in [5.41, 5.74) is 2.12. The Morgan fingerprint density at radius 2 is 2.24 bits per heavy atom. The number of fused-ring (bicyclic) bond motifs is 1. The molecule has 0 unspecified atom stereocenters. The molecule has 3 aliphatic rings. The number of hydrogen-bond donors (Lipinski definition) is 1. The van der Waals surface area contributed by atoms with Gasteiger partial charge in [-0.15, -0.1) is 11.8 Å². The standard InChI is InChI=1S/C26H26N6O5S/c1-16-14-37-24(13-34)32(16)11-18-7-17-3-2-5-31(25(17)29-21(18)12-33)26(35)30-23-8-22(19(9-27)10-28-23)38-20-4-6-36-15-20/h7-8,10,12,16,20H,2-6,11,14-15H2,1H3,(H,28,30,35)/t16-,20+/m0/s1. The molecule has 2 saturated heterocycles. The molecule has 2 aromatic rings. The number of aromatic nitrogens is 2. The fourth-order valence-electron chi connectivity index (χ4n) is 4.71. The molecule has 3 aliphatic heterocycles. The zero-order valence-corrected chi connectivity index (χ0v) is 21.6. The zero-order valence-electron chi connectivity index (χ0n) is 20.8. The summed E-state index contributed by atoms with van der Waals surface area (Å²) < 4.78 is 10.8. The number of nitriles is 1. The molecular formula is C26H26N6O5S. The third-order valence-corrected chi connectivity index (χ3v) is 8.01. The number of aldehydes is 1. The lowest BCUT2D eigenvalue weighted by atomic mass is 10.0. The highest BCUT2D eigenvalue weighted by Crippen LogP contribution is 2.33. The Morgan fingerprint density at radius 3 is 2.97 bits per heavy atom. The maximum atomic E-state index is 13.3. The van der Waals surface area contributed by atoms with Gasteiger partial charge in [-0.2, -0.15) is 5.26 Å². The highest BCUT2D eigenvalue weighted by atomic mass is 32.2. The monoisotopic (exact) mass is 534 g/mol. The first kappa shape index (κ1) is 25.7. The van der Waals surface area contributed by atoms with Crippen molar-refractivity contribution in [2.24, 2.45) is 0 Å².